The third kappa shape index (κ3) is 4.37. The molecule has 0 radical (unpaired) electrons. The van der Waals surface area contributed by atoms with Crippen molar-refractivity contribution in [1.82, 2.24) is 4.90 Å². The molecule has 1 heterocycles. The van der Waals surface area contributed by atoms with E-state index in [1.807, 2.05) is 0 Å². The van der Waals surface area contributed by atoms with Gasteiger partial charge in [0, 0.05) is 25.7 Å². The van der Waals surface area contributed by atoms with Crippen LogP contribution in [-0.2, 0) is 4.74 Å². The van der Waals surface area contributed by atoms with Gasteiger partial charge in [-0.15, -0.1) is 0 Å². The van der Waals surface area contributed by atoms with Crippen LogP contribution in [0.2, 0.25) is 0 Å². The van der Waals surface area contributed by atoms with Crippen LogP contribution in [0.5, 0.6) is 0 Å². The van der Waals surface area contributed by atoms with E-state index in [2.05, 4.69) is 0 Å². The summed E-state index contributed by atoms with van der Waals surface area (Å²) in [6.45, 7) is 5.07. The van der Waals surface area contributed by atoms with Crippen LogP contribution in [0.3, 0.4) is 0 Å². The summed E-state index contributed by atoms with van der Waals surface area (Å²) in [5, 5.41) is 20.3. The van der Waals surface area contributed by atoms with E-state index in [1.54, 1.807) is 20.8 Å². The molecule has 0 unspecified atom stereocenters. The van der Waals surface area contributed by atoms with Gasteiger partial charge in [-0.3, -0.25) is 10.1 Å². The van der Waals surface area contributed by atoms with E-state index in [-0.39, 0.29) is 25.3 Å². The molecule has 0 bridgehead atoms. The molecule has 1 aromatic rings. The van der Waals surface area contributed by atoms with Crippen molar-refractivity contribution in [3.8, 4) is 0 Å². The first-order valence-corrected chi connectivity index (χ1v) is 8.02. The van der Waals surface area contributed by atoms with E-state index in [9.17, 15) is 28.8 Å². The molecular formula is C16H21F2N3O5. The van der Waals surface area contributed by atoms with Gasteiger partial charge in [0.15, 0.2) is 5.82 Å². The van der Waals surface area contributed by atoms with E-state index in [4.69, 9.17) is 4.74 Å². The summed E-state index contributed by atoms with van der Waals surface area (Å²) >= 11 is 0. The molecule has 0 aromatic heterocycles. The summed E-state index contributed by atoms with van der Waals surface area (Å²) in [4.78, 5) is 24.6. The second kappa shape index (κ2) is 7.40. The number of hydrogen-bond acceptors (Lipinski definition) is 6. The molecule has 1 aliphatic rings. The Morgan fingerprint density at radius 1 is 1.35 bits per heavy atom. The molecule has 0 spiro atoms. The lowest BCUT2D eigenvalue weighted by Gasteiger charge is -2.42. The largest absolute Gasteiger partial charge is 0.444 e. The van der Waals surface area contributed by atoms with Crippen molar-refractivity contribution < 1.29 is 28.3 Å². The number of amides is 1. The number of piperazine rings is 1. The number of anilines is 1. The smallest absolute Gasteiger partial charge is 0.410 e. The van der Waals surface area contributed by atoms with Crippen molar-refractivity contribution in [2.24, 2.45) is 0 Å². The Bertz CT molecular complexity index is 708. The maximum absolute atomic E-state index is 14.3. The van der Waals surface area contributed by atoms with Gasteiger partial charge in [-0.1, -0.05) is 0 Å². The molecule has 1 atom stereocenters. The molecule has 1 amide bonds. The molecule has 0 aliphatic carbocycles. The van der Waals surface area contributed by atoms with Crippen molar-refractivity contribution in [1.29, 1.82) is 0 Å². The lowest BCUT2D eigenvalue weighted by molar-refractivity contribution is -0.387. The van der Waals surface area contributed by atoms with Gasteiger partial charge < -0.3 is 19.6 Å². The van der Waals surface area contributed by atoms with Gasteiger partial charge in [0.05, 0.1) is 29.3 Å². The fraction of sp³-hybridized carbons (Fsp3) is 0.562. The van der Waals surface area contributed by atoms with Crippen LogP contribution in [0.25, 0.3) is 0 Å². The number of rotatable bonds is 3. The van der Waals surface area contributed by atoms with Gasteiger partial charge in [0.2, 0.25) is 5.82 Å². The number of halogens is 2. The summed E-state index contributed by atoms with van der Waals surface area (Å²) in [7, 11) is 0. The Labute approximate surface area is 149 Å². The van der Waals surface area contributed by atoms with E-state index in [0.29, 0.717) is 6.07 Å². The first kappa shape index (κ1) is 19.8. The van der Waals surface area contributed by atoms with Crippen molar-refractivity contribution >= 4 is 17.5 Å². The maximum atomic E-state index is 14.3. The highest BCUT2D eigenvalue weighted by molar-refractivity contribution is 5.69. The molecule has 0 saturated carbocycles. The Kier molecular flexibility index (Phi) is 5.65. The monoisotopic (exact) mass is 373 g/mol. The maximum Gasteiger partial charge on any atom is 0.410 e. The van der Waals surface area contributed by atoms with E-state index in [0.717, 1.165) is 6.07 Å². The summed E-state index contributed by atoms with van der Waals surface area (Å²) in [5.74, 6) is -2.14. The highest BCUT2D eigenvalue weighted by atomic mass is 19.1. The average Bonchev–Trinajstić information content (AvgIpc) is 2.54. The minimum absolute atomic E-state index is 0.0451. The molecule has 1 N–H and O–H groups in total. The molecule has 144 valence electrons. The van der Waals surface area contributed by atoms with Gasteiger partial charge >= 0.3 is 11.8 Å². The summed E-state index contributed by atoms with van der Waals surface area (Å²) < 4.78 is 33.4. The minimum Gasteiger partial charge on any atom is -0.444 e. The Hall–Kier alpha value is -2.49. The number of aliphatic hydroxyl groups is 1. The van der Waals surface area contributed by atoms with Crippen LogP contribution in [0.15, 0.2) is 12.1 Å². The number of carbonyl (C=O) groups is 1. The van der Waals surface area contributed by atoms with Crippen LogP contribution in [-0.4, -0.2) is 58.9 Å². The number of benzene rings is 1. The number of hydrogen-bond donors (Lipinski definition) is 1. The van der Waals surface area contributed by atoms with Crippen molar-refractivity contribution in [3.63, 3.8) is 0 Å². The number of nitro benzene ring substituents is 1. The predicted molar refractivity (Wildman–Crippen MR) is 89.0 cm³/mol. The van der Waals surface area contributed by atoms with Gasteiger partial charge in [0.25, 0.3) is 0 Å². The topological polar surface area (TPSA) is 96.2 Å². The van der Waals surface area contributed by atoms with Crippen molar-refractivity contribution in [2.45, 2.75) is 32.4 Å². The van der Waals surface area contributed by atoms with Crippen molar-refractivity contribution in [2.75, 3.05) is 31.1 Å². The summed E-state index contributed by atoms with van der Waals surface area (Å²) in [6, 6.07) is 0.546. The lowest BCUT2D eigenvalue weighted by atomic mass is 10.1. The second-order valence-corrected chi connectivity index (χ2v) is 6.97. The fourth-order valence-corrected chi connectivity index (χ4v) is 2.71. The standard InChI is InChI=1S/C16H21F2N3O5/c1-16(2,3)26-15(23)19-4-5-20(10(8-19)9-22)13-6-12(18)14(21(24)25)7-11(13)17/h6-7,10,22H,4-5,8-9H2,1-3H3/t10-/m0/s1. The fourth-order valence-electron chi connectivity index (χ4n) is 2.71. The quantitative estimate of drug-likeness (QED) is 0.645. The lowest BCUT2D eigenvalue weighted by Crippen LogP contribution is -2.57. The van der Waals surface area contributed by atoms with Gasteiger partial charge in [-0.25, -0.2) is 9.18 Å². The van der Waals surface area contributed by atoms with E-state index >= 15 is 0 Å². The molecule has 1 aromatic carbocycles. The van der Waals surface area contributed by atoms with Crippen LogP contribution in [0.4, 0.5) is 25.0 Å². The van der Waals surface area contributed by atoms with Gasteiger partial charge in [-0.2, -0.15) is 4.39 Å². The number of nitrogens with zero attached hydrogens (tertiary/aromatic N) is 3. The zero-order chi connectivity index (χ0) is 19.6. The average molecular weight is 373 g/mol. The SMILES string of the molecule is CC(C)(C)OC(=O)N1CCN(c2cc(F)c([N+](=O)[O-])cc2F)[C@H](CO)C1. The second-order valence-electron chi connectivity index (χ2n) is 6.97. The van der Waals surface area contributed by atoms with Crippen LogP contribution < -0.4 is 4.90 Å². The summed E-state index contributed by atoms with van der Waals surface area (Å²) in [6.07, 6.45) is -0.564. The third-order valence-electron chi connectivity index (χ3n) is 3.87. The van der Waals surface area contributed by atoms with Gasteiger partial charge in [-0.05, 0) is 20.8 Å². The number of nitro groups is 1. The Morgan fingerprint density at radius 3 is 2.54 bits per heavy atom. The van der Waals surface area contributed by atoms with Crippen molar-refractivity contribution in [3.05, 3.63) is 33.9 Å². The highest BCUT2D eigenvalue weighted by Gasteiger charge is 2.34. The van der Waals surface area contributed by atoms with Crippen LogP contribution in [0, 0.1) is 21.7 Å². The molecule has 1 saturated heterocycles. The number of ether oxygens (including phenoxy) is 1. The molecule has 2 rings (SSSR count). The molecule has 26 heavy (non-hydrogen) atoms. The molecule has 8 nitrogen and oxygen atoms in total. The zero-order valence-electron chi connectivity index (χ0n) is 14.7. The van der Waals surface area contributed by atoms with Crippen LogP contribution >= 0.6 is 0 Å². The first-order chi connectivity index (χ1) is 12.0. The highest BCUT2D eigenvalue weighted by Crippen LogP contribution is 2.30. The first-order valence-electron chi connectivity index (χ1n) is 8.02. The summed E-state index contributed by atoms with van der Waals surface area (Å²) in [5.41, 5.74) is -1.84. The molecule has 1 aliphatic heterocycles. The normalized spacial score (nSPS) is 18.0. The Balaban J connectivity index is 2.21. The zero-order valence-corrected chi connectivity index (χ0v) is 14.7. The predicted octanol–water partition coefficient (Wildman–Crippen LogP) is 2.29. The van der Waals surface area contributed by atoms with Crippen LogP contribution in [0.1, 0.15) is 20.8 Å². The molecular weight excluding hydrogens is 352 g/mol. The third-order valence-corrected chi connectivity index (χ3v) is 3.87. The number of aliphatic hydroxyl groups excluding tert-OH is 1. The van der Waals surface area contributed by atoms with Gasteiger partial charge in [0.1, 0.15) is 5.60 Å². The van der Waals surface area contributed by atoms with E-state index < -0.39 is 46.6 Å². The molecule has 1 fully saturated rings. The molecule has 10 heteroatoms. The number of carbonyl (C=O) groups excluding carboxylic acids is 1. The Morgan fingerprint density at radius 2 is 2.00 bits per heavy atom. The minimum atomic E-state index is -1.17. The van der Waals surface area contributed by atoms with E-state index in [1.165, 1.54) is 9.80 Å².